The number of primary amides is 1. The molecule has 1 aliphatic heterocycles. The molecule has 180 valence electrons. The number of amides is 1. The van der Waals surface area contributed by atoms with Gasteiger partial charge in [-0.3, -0.25) is 4.79 Å². The van der Waals surface area contributed by atoms with Gasteiger partial charge in [0.05, 0.1) is 11.5 Å². The van der Waals surface area contributed by atoms with E-state index in [1.807, 2.05) is 35.6 Å². The predicted molar refractivity (Wildman–Crippen MR) is 131 cm³/mol. The van der Waals surface area contributed by atoms with E-state index in [1.54, 1.807) is 23.5 Å². The van der Waals surface area contributed by atoms with Crippen LogP contribution in [0.25, 0.3) is 0 Å². The molecule has 0 saturated carbocycles. The van der Waals surface area contributed by atoms with Crippen molar-refractivity contribution in [3.63, 3.8) is 0 Å². The fourth-order valence-corrected chi connectivity index (χ4v) is 6.60. The highest BCUT2D eigenvalue weighted by atomic mass is 32.2. The maximum atomic E-state index is 13.6. The third-order valence-corrected chi connectivity index (χ3v) is 8.38. The van der Waals surface area contributed by atoms with Crippen molar-refractivity contribution in [3.05, 3.63) is 58.4 Å². The predicted octanol–water partition coefficient (Wildman–Crippen LogP) is 3.72. The van der Waals surface area contributed by atoms with Crippen molar-refractivity contribution in [2.75, 3.05) is 18.1 Å². The Balaban J connectivity index is 1.68. The number of pyridine rings is 2. The zero-order chi connectivity index (χ0) is 24.5. The highest BCUT2D eigenvalue weighted by Gasteiger charge is 2.40. The number of carbonyl (C=O) groups is 1. The molecule has 1 aliphatic rings. The van der Waals surface area contributed by atoms with Crippen LogP contribution in [0.3, 0.4) is 0 Å². The molecule has 0 radical (unpaired) electrons. The van der Waals surface area contributed by atoms with Crippen LogP contribution in [0, 0.1) is 5.92 Å². The largest absolute Gasteiger partial charge is 0.477 e. The molecule has 2 N–H and O–H groups in total. The Morgan fingerprint density at radius 1 is 1.29 bits per heavy atom. The highest BCUT2D eigenvalue weighted by molar-refractivity contribution is 7.91. The summed E-state index contributed by atoms with van der Waals surface area (Å²) in [6.07, 6.45) is 2.97. The number of hydrogen-bond donors (Lipinski definition) is 1. The SMILES string of the molecule is CC1CN(c2nccc(S(=O)(=O)c3cccc(OCCc4ccsc4)n3)c2C(N)=O)C(C)(C)C1. The molecule has 1 atom stereocenters. The first-order chi connectivity index (χ1) is 16.1. The second-order valence-corrected chi connectivity index (χ2v) is 11.8. The van der Waals surface area contributed by atoms with Crippen molar-refractivity contribution in [1.82, 2.24) is 9.97 Å². The third kappa shape index (κ3) is 4.78. The van der Waals surface area contributed by atoms with Crippen LogP contribution < -0.4 is 15.4 Å². The number of nitrogens with two attached hydrogens (primary N) is 1. The molecule has 4 heterocycles. The number of sulfone groups is 1. The lowest BCUT2D eigenvalue weighted by Gasteiger charge is -2.33. The van der Waals surface area contributed by atoms with Crippen LogP contribution in [0.4, 0.5) is 5.82 Å². The molecule has 4 rings (SSSR count). The van der Waals surface area contributed by atoms with Crippen LogP contribution in [0.1, 0.15) is 43.1 Å². The molecule has 1 amide bonds. The Morgan fingerprint density at radius 3 is 2.74 bits per heavy atom. The molecular formula is C24H28N4O4S2. The van der Waals surface area contributed by atoms with E-state index in [0.717, 1.165) is 12.0 Å². The second-order valence-electron chi connectivity index (χ2n) is 9.15. The summed E-state index contributed by atoms with van der Waals surface area (Å²) in [5, 5.41) is 3.81. The molecule has 0 aromatic carbocycles. The molecule has 1 fully saturated rings. The highest BCUT2D eigenvalue weighted by Crippen LogP contribution is 2.39. The summed E-state index contributed by atoms with van der Waals surface area (Å²) < 4.78 is 32.9. The van der Waals surface area contributed by atoms with Gasteiger partial charge in [-0.15, -0.1) is 0 Å². The Morgan fingerprint density at radius 2 is 2.09 bits per heavy atom. The van der Waals surface area contributed by atoms with E-state index in [4.69, 9.17) is 10.5 Å². The number of nitrogens with zero attached hydrogens (tertiary/aromatic N) is 3. The maximum Gasteiger partial charge on any atom is 0.253 e. The van der Waals surface area contributed by atoms with Gasteiger partial charge in [0.15, 0.2) is 5.03 Å². The van der Waals surface area contributed by atoms with E-state index in [1.165, 1.54) is 18.3 Å². The quantitative estimate of drug-likeness (QED) is 0.501. The standard InChI is InChI=1S/C24H28N4O4S2/c1-16-13-24(2,3)28(14-16)23-21(22(25)29)18(7-10-26-23)34(30,31)20-6-4-5-19(27-20)32-11-8-17-9-12-33-15-17/h4-7,9-10,12,15-16H,8,11,13-14H2,1-3H3,(H2,25,29). The van der Waals surface area contributed by atoms with Crippen LogP contribution in [0.2, 0.25) is 0 Å². The number of aromatic nitrogens is 2. The van der Waals surface area contributed by atoms with Crippen LogP contribution in [0.15, 0.2) is 57.2 Å². The third-order valence-electron chi connectivity index (χ3n) is 5.95. The minimum atomic E-state index is -4.17. The number of thiophene rings is 1. The van der Waals surface area contributed by atoms with Gasteiger partial charge in [0.2, 0.25) is 15.7 Å². The number of hydrogen-bond acceptors (Lipinski definition) is 8. The fraction of sp³-hybridized carbons (Fsp3) is 0.375. The van der Waals surface area contributed by atoms with Crippen LogP contribution in [0.5, 0.6) is 5.88 Å². The van der Waals surface area contributed by atoms with Gasteiger partial charge in [0.25, 0.3) is 5.91 Å². The van der Waals surface area contributed by atoms with Crippen LogP contribution in [-0.4, -0.2) is 43.0 Å². The molecular weight excluding hydrogens is 472 g/mol. The van der Waals surface area contributed by atoms with Gasteiger partial charge in [-0.1, -0.05) is 13.0 Å². The first-order valence-corrected chi connectivity index (χ1v) is 13.4. The normalized spacial score (nSPS) is 17.6. The fourth-order valence-electron chi connectivity index (χ4n) is 4.50. The Labute approximate surface area is 203 Å². The summed E-state index contributed by atoms with van der Waals surface area (Å²) in [5.41, 5.74) is 6.44. The zero-order valence-corrected chi connectivity index (χ0v) is 21.0. The van der Waals surface area contributed by atoms with Crippen molar-refractivity contribution in [2.45, 2.75) is 49.1 Å². The Hall–Kier alpha value is -2.98. The van der Waals surface area contributed by atoms with Gasteiger partial charge in [-0.25, -0.2) is 18.4 Å². The topological polar surface area (TPSA) is 115 Å². The van der Waals surface area contributed by atoms with E-state index in [-0.39, 0.29) is 32.7 Å². The summed E-state index contributed by atoms with van der Waals surface area (Å²) in [4.78, 5) is 22.9. The van der Waals surface area contributed by atoms with Gasteiger partial charge < -0.3 is 15.4 Å². The summed E-state index contributed by atoms with van der Waals surface area (Å²) in [7, 11) is -4.17. The van der Waals surface area contributed by atoms with Crippen LogP contribution >= 0.6 is 11.3 Å². The number of carbonyl (C=O) groups excluding carboxylic acids is 1. The minimum absolute atomic E-state index is 0.116. The van der Waals surface area contributed by atoms with Gasteiger partial charge in [0, 0.05) is 30.8 Å². The molecule has 0 aliphatic carbocycles. The lowest BCUT2D eigenvalue weighted by atomic mass is 9.97. The molecule has 3 aromatic heterocycles. The number of ether oxygens (including phenoxy) is 1. The Bertz CT molecular complexity index is 1290. The van der Waals surface area contributed by atoms with Crippen LogP contribution in [-0.2, 0) is 16.3 Å². The van der Waals surface area contributed by atoms with Crippen molar-refractivity contribution in [1.29, 1.82) is 0 Å². The molecule has 0 bridgehead atoms. The summed E-state index contributed by atoms with van der Waals surface area (Å²) >= 11 is 1.61. The molecule has 1 saturated heterocycles. The molecule has 10 heteroatoms. The van der Waals surface area contributed by atoms with Gasteiger partial charge >= 0.3 is 0 Å². The lowest BCUT2D eigenvalue weighted by Crippen LogP contribution is -2.40. The van der Waals surface area contributed by atoms with E-state index < -0.39 is 15.7 Å². The zero-order valence-electron chi connectivity index (χ0n) is 19.4. The van der Waals surface area contributed by atoms with Gasteiger partial charge in [0.1, 0.15) is 11.4 Å². The summed E-state index contributed by atoms with van der Waals surface area (Å²) in [6, 6.07) is 7.87. The summed E-state index contributed by atoms with van der Waals surface area (Å²) in [5.74, 6) is -0.00522. The van der Waals surface area contributed by atoms with E-state index in [2.05, 4.69) is 16.9 Å². The monoisotopic (exact) mass is 500 g/mol. The summed E-state index contributed by atoms with van der Waals surface area (Å²) in [6.45, 7) is 7.21. The Kier molecular flexibility index (Phi) is 6.64. The van der Waals surface area contributed by atoms with E-state index in [9.17, 15) is 13.2 Å². The minimum Gasteiger partial charge on any atom is -0.477 e. The molecule has 1 unspecified atom stereocenters. The first-order valence-electron chi connectivity index (χ1n) is 11.0. The average molecular weight is 501 g/mol. The first kappa shape index (κ1) is 24.2. The number of rotatable bonds is 8. The van der Waals surface area contributed by atoms with Crippen molar-refractivity contribution >= 4 is 32.9 Å². The van der Waals surface area contributed by atoms with E-state index in [0.29, 0.717) is 25.5 Å². The van der Waals surface area contributed by atoms with Gasteiger partial charge in [-0.05, 0) is 60.7 Å². The maximum absolute atomic E-state index is 13.6. The van der Waals surface area contributed by atoms with Gasteiger partial charge in [-0.2, -0.15) is 11.3 Å². The number of anilines is 1. The smallest absolute Gasteiger partial charge is 0.253 e. The molecule has 34 heavy (non-hydrogen) atoms. The molecule has 8 nitrogen and oxygen atoms in total. The van der Waals surface area contributed by atoms with Crippen molar-refractivity contribution in [3.8, 4) is 5.88 Å². The van der Waals surface area contributed by atoms with E-state index >= 15 is 0 Å². The molecule has 3 aromatic rings. The van der Waals surface area contributed by atoms with Crippen molar-refractivity contribution in [2.24, 2.45) is 11.7 Å². The lowest BCUT2D eigenvalue weighted by molar-refractivity contribution is 0.0997. The van der Waals surface area contributed by atoms with Crippen molar-refractivity contribution < 1.29 is 17.9 Å². The average Bonchev–Trinajstić information content (AvgIpc) is 3.39. The molecule has 0 spiro atoms. The second kappa shape index (κ2) is 9.34.